The Morgan fingerprint density at radius 2 is 2.27 bits per heavy atom. The van der Waals surface area contributed by atoms with E-state index in [1.165, 1.54) is 0 Å². The molecule has 0 aliphatic carbocycles. The molecule has 0 saturated heterocycles. The second kappa shape index (κ2) is 5.64. The molecule has 0 spiro atoms. The van der Waals surface area contributed by atoms with E-state index < -0.39 is 5.60 Å². The van der Waals surface area contributed by atoms with Gasteiger partial charge in [0, 0.05) is 4.88 Å². The molecule has 0 radical (unpaired) electrons. The molecule has 86 valence electrons. The van der Waals surface area contributed by atoms with E-state index in [1.54, 1.807) is 11.3 Å². The predicted octanol–water partition coefficient (Wildman–Crippen LogP) is 2.59. The number of rotatable bonds is 6. The largest absolute Gasteiger partial charge is 0.385 e. The Labute approximate surface area is 96.3 Å². The van der Waals surface area contributed by atoms with Crippen LogP contribution in [0.15, 0.2) is 17.5 Å². The fraction of sp³-hybridized carbons (Fsp3) is 0.667. The van der Waals surface area contributed by atoms with Crippen LogP contribution in [0.5, 0.6) is 0 Å². The van der Waals surface area contributed by atoms with E-state index in [9.17, 15) is 5.11 Å². The van der Waals surface area contributed by atoms with Crippen LogP contribution in [0.3, 0.4) is 0 Å². The molecule has 1 rings (SSSR count). The summed E-state index contributed by atoms with van der Waals surface area (Å²) in [6.07, 6.45) is 0.764. The van der Waals surface area contributed by atoms with E-state index in [4.69, 9.17) is 0 Å². The van der Waals surface area contributed by atoms with Gasteiger partial charge >= 0.3 is 0 Å². The molecule has 0 bridgehead atoms. The van der Waals surface area contributed by atoms with E-state index in [2.05, 4.69) is 19.2 Å². The van der Waals surface area contributed by atoms with Crippen molar-refractivity contribution in [2.45, 2.75) is 32.8 Å². The first kappa shape index (κ1) is 12.7. The minimum atomic E-state index is -0.682. The van der Waals surface area contributed by atoms with Crippen molar-refractivity contribution in [3.8, 4) is 0 Å². The van der Waals surface area contributed by atoms with Crippen molar-refractivity contribution in [2.75, 3.05) is 13.1 Å². The quantitative estimate of drug-likeness (QED) is 0.732. The third kappa shape index (κ3) is 4.33. The van der Waals surface area contributed by atoms with Crippen LogP contribution in [0, 0.1) is 5.92 Å². The lowest BCUT2D eigenvalue weighted by molar-refractivity contribution is 0.0516. The van der Waals surface area contributed by atoms with E-state index in [-0.39, 0.29) is 0 Å². The van der Waals surface area contributed by atoms with Crippen molar-refractivity contribution in [1.29, 1.82) is 0 Å². The Kier molecular flexibility index (Phi) is 4.77. The normalized spacial score (nSPS) is 15.5. The number of nitrogens with one attached hydrogen (secondary N) is 1. The molecule has 0 aromatic carbocycles. The van der Waals surface area contributed by atoms with E-state index in [1.807, 2.05) is 24.4 Å². The van der Waals surface area contributed by atoms with E-state index in [0.717, 1.165) is 24.4 Å². The molecule has 2 N–H and O–H groups in total. The van der Waals surface area contributed by atoms with Crippen molar-refractivity contribution < 1.29 is 5.11 Å². The zero-order valence-corrected chi connectivity index (χ0v) is 10.6. The monoisotopic (exact) mass is 227 g/mol. The number of hydrogen-bond acceptors (Lipinski definition) is 3. The van der Waals surface area contributed by atoms with Crippen LogP contribution in [0.25, 0.3) is 0 Å². The minimum absolute atomic E-state index is 0.664. The molecule has 0 saturated carbocycles. The Balaban J connectivity index is 2.31. The van der Waals surface area contributed by atoms with Gasteiger partial charge in [-0.05, 0) is 43.8 Å². The first-order chi connectivity index (χ1) is 7.02. The Hall–Kier alpha value is -0.380. The summed E-state index contributed by atoms with van der Waals surface area (Å²) in [5, 5.41) is 15.6. The lowest BCUT2D eigenvalue weighted by atomic mass is 10.0. The summed E-state index contributed by atoms with van der Waals surface area (Å²) in [6.45, 7) is 8.13. The van der Waals surface area contributed by atoms with E-state index in [0.29, 0.717) is 5.92 Å². The summed E-state index contributed by atoms with van der Waals surface area (Å²) in [6, 6.07) is 3.98. The van der Waals surface area contributed by atoms with Gasteiger partial charge in [-0.1, -0.05) is 19.9 Å². The van der Waals surface area contributed by atoms with Crippen LogP contribution in [0.2, 0.25) is 0 Å². The summed E-state index contributed by atoms with van der Waals surface area (Å²) in [7, 11) is 0. The van der Waals surface area contributed by atoms with Gasteiger partial charge in [0.2, 0.25) is 0 Å². The van der Waals surface area contributed by atoms with Gasteiger partial charge in [-0.15, -0.1) is 11.3 Å². The standard InChI is InChI=1S/C12H21NOS/c1-10(2)9-13-7-6-12(3,14)11-5-4-8-15-11/h4-5,8,10,13-14H,6-7,9H2,1-3H3. The number of aliphatic hydroxyl groups is 1. The second-order valence-electron chi connectivity index (χ2n) is 4.60. The third-order valence-corrected chi connectivity index (χ3v) is 3.52. The maximum atomic E-state index is 10.2. The van der Waals surface area contributed by atoms with Gasteiger partial charge < -0.3 is 10.4 Å². The van der Waals surface area contributed by atoms with Crippen molar-refractivity contribution >= 4 is 11.3 Å². The van der Waals surface area contributed by atoms with Crippen LogP contribution in [0.4, 0.5) is 0 Å². The summed E-state index contributed by atoms with van der Waals surface area (Å²) in [4.78, 5) is 1.05. The van der Waals surface area contributed by atoms with Crippen LogP contribution in [-0.4, -0.2) is 18.2 Å². The zero-order valence-electron chi connectivity index (χ0n) is 9.79. The molecule has 1 unspecified atom stereocenters. The summed E-state index contributed by atoms with van der Waals surface area (Å²) in [5.41, 5.74) is -0.682. The molecule has 1 aromatic rings. The first-order valence-electron chi connectivity index (χ1n) is 5.49. The van der Waals surface area contributed by atoms with Crippen molar-refractivity contribution in [3.05, 3.63) is 22.4 Å². The Morgan fingerprint density at radius 1 is 1.53 bits per heavy atom. The summed E-state index contributed by atoms with van der Waals surface area (Å²) in [5.74, 6) is 0.664. The lowest BCUT2D eigenvalue weighted by Crippen LogP contribution is -2.28. The third-order valence-electron chi connectivity index (χ3n) is 2.39. The van der Waals surface area contributed by atoms with Crippen LogP contribution in [-0.2, 0) is 5.60 Å². The van der Waals surface area contributed by atoms with Crippen molar-refractivity contribution in [3.63, 3.8) is 0 Å². The van der Waals surface area contributed by atoms with Gasteiger partial charge in [-0.25, -0.2) is 0 Å². The van der Waals surface area contributed by atoms with Gasteiger partial charge in [-0.2, -0.15) is 0 Å². The molecule has 0 aliphatic heterocycles. The SMILES string of the molecule is CC(C)CNCCC(C)(O)c1cccs1. The smallest absolute Gasteiger partial charge is 0.0971 e. The van der Waals surface area contributed by atoms with Gasteiger partial charge in [0.1, 0.15) is 0 Å². The van der Waals surface area contributed by atoms with Crippen LogP contribution < -0.4 is 5.32 Å². The fourth-order valence-electron chi connectivity index (χ4n) is 1.43. The Morgan fingerprint density at radius 3 is 2.80 bits per heavy atom. The molecule has 3 heteroatoms. The second-order valence-corrected chi connectivity index (χ2v) is 5.55. The highest BCUT2D eigenvalue weighted by Crippen LogP contribution is 2.27. The fourth-order valence-corrected chi connectivity index (χ4v) is 2.25. The maximum Gasteiger partial charge on any atom is 0.0971 e. The number of thiophene rings is 1. The molecule has 1 heterocycles. The Bertz CT molecular complexity index is 267. The highest BCUT2D eigenvalue weighted by Gasteiger charge is 2.23. The molecular formula is C12H21NOS. The minimum Gasteiger partial charge on any atom is -0.385 e. The summed E-state index contributed by atoms with van der Waals surface area (Å²) < 4.78 is 0. The molecule has 0 fully saturated rings. The molecule has 15 heavy (non-hydrogen) atoms. The lowest BCUT2D eigenvalue weighted by Gasteiger charge is -2.22. The highest BCUT2D eigenvalue weighted by atomic mass is 32.1. The van der Waals surface area contributed by atoms with Gasteiger partial charge in [0.25, 0.3) is 0 Å². The topological polar surface area (TPSA) is 32.3 Å². The van der Waals surface area contributed by atoms with Gasteiger partial charge in [0.15, 0.2) is 0 Å². The molecule has 1 atom stereocenters. The highest BCUT2D eigenvalue weighted by molar-refractivity contribution is 7.10. The van der Waals surface area contributed by atoms with Gasteiger partial charge in [0.05, 0.1) is 5.60 Å². The van der Waals surface area contributed by atoms with Gasteiger partial charge in [-0.3, -0.25) is 0 Å². The van der Waals surface area contributed by atoms with Crippen molar-refractivity contribution in [1.82, 2.24) is 5.32 Å². The maximum absolute atomic E-state index is 10.2. The predicted molar refractivity (Wildman–Crippen MR) is 66.2 cm³/mol. The van der Waals surface area contributed by atoms with Crippen LogP contribution in [0.1, 0.15) is 32.1 Å². The molecule has 2 nitrogen and oxygen atoms in total. The molecular weight excluding hydrogens is 206 g/mol. The zero-order chi connectivity index (χ0) is 11.3. The first-order valence-corrected chi connectivity index (χ1v) is 6.37. The summed E-state index contributed by atoms with van der Waals surface area (Å²) >= 11 is 1.62. The number of hydrogen-bond donors (Lipinski definition) is 2. The molecule has 0 amide bonds. The molecule has 1 aromatic heterocycles. The average Bonchev–Trinajstić information content (AvgIpc) is 2.65. The molecule has 0 aliphatic rings. The average molecular weight is 227 g/mol. The van der Waals surface area contributed by atoms with E-state index >= 15 is 0 Å². The van der Waals surface area contributed by atoms with Crippen molar-refractivity contribution in [2.24, 2.45) is 5.92 Å². The van der Waals surface area contributed by atoms with Crippen LogP contribution >= 0.6 is 11.3 Å².